The molecule has 0 amide bonds. The van der Waals surface area contributed by atoms with Crippen molar-refractivity contribution in [3.8, 4) is 17.0 Å². The molecule has 4 heteroatoms. The second kappa shape index (κ2) is 9.71. The molecule has 0 saturated carbocycles. The molecule has 0 unspecified atom stereocenters. The zero-order valence-electron chi connectivity index (χ0n) is 18.4. The first-order chi connectivity index (χ1) is 15.2. The van der Waals surface area contributed by atoms with Gasteiger partial charge in [0.25, 0.3) is 0 Å². The van der Waals surface area contributed by atoms with Gasteiger partial charge in [-0.25, -0.2) is 0 Å². The van der Waals surface area contributed by atoms with E-state index in [2.05, 4.69) is 72.5 Å². The van der Waals surface area contributed by atoms with Crippen molar-refractivity contribution in [1.29, 1.82) is 0 Å². The summed E-state index contributed by atoms with van der Waals surface area (Å²) in [6.45, 7) is 1.29. The molecule has 3 N–H and O–H groups in total. The first kappa shape index (κ1) is 21.0. The molecular formula is C27H31N3O. The molecule has 0 spiro atoms. The summed E-state index contributed by atoms with van der Waals surface area (Å²) in [5, 5.41) is 1.23. The SMILES string of the molecule is CN(C)c1cccc(-c2[nH]c3ccc(OCc4ccccc4)cc3c2CCCCN)c1. The molecule has 1 aromatic heterocycles. The molecule has 0 aliphatic heterocycles. The lowest BCUT2D eigenvalue weighted by molar-refractivity contribution is 0.306. The number of nitrogens with one attached hydrogen (secondary N) is 1. The zero-order chi connectivity index (χ0) is 21.6. The molecule has 4 rings (SSSR count). The summed E-state index contributed by atoms with van der Waals surface area (Å²) >= 11 is 0. The number of fused-ring (bicyclic) bond motifs is 1. The number of rotatable bonds is 9. The summed E-state index contributed by atoms with van der Waals surface area (Å²) < 4.78 is 6.11. The number of anilines is 1. The van der Waals surface area contributed by atoms with Gasteiger partial charge in [0.05, 0.1) is 0 Å². The molecule has 0 fully saturated rings. The van der Waals surface area contributed by atoms with Gasteiger partial charge in [0.15, 0.2) is 0 Å². The third-order valence-corrected chi connectivity index (χ3v) is 5.66. The van der Waals surface area contributed by atoms with Crippen molar-refractivity contribution in [2.24, 2.45) is 5.73 Å². The largest absolute Gasteiger partial charge is 0.489 e. The molecule has 0 radical (unpaired) electrons. The number of aromatic amines is 1. The second-order valence-electron chi connectivity index (χ2n) is 8.15. The smallest absolute Gasteiger partial charge is 0.120 e. The molecule has 0 bridgehead atoms. The minimum Gasteiger partial charge on any atom is -0.489 e. The van der Waals surface area contributed by atoms with Gasteiger partial charge < -0.3 is 20.4 Å². The Morgan fingerprint density at radius 1 is 0.903 bits per heavy atom. The van der Waals surface area contributed by atoms with E-state index in [0.29, 0.717) is 6.61 Å². The molecule has 31 heavy (non-hydrogen) atoms. The van der Waals surface area contributed by atoms with Crippen molar-refractivity contribution in [3.63, 3.8) is 0 Å². The second-order valence-corrected chi connectivity index (χ2v) is 8.15. The van der Waals surface area contributed by atoms with Gasteiger partial charge in [-0.1, -0.05) is 42.5 Å². The molecule has 0 atom stereocenters. The van der Waals surface area contributed by atoms with Gasteiger partial charge >= 0.3 is 0 Å². The Morgan fingerprint density at radius 3 is 2.52 bits per heavy atom. The maximum atomic E-state index is 6.11. The van der Waals surface area contributed by atoms with Crippen LogP contribution in [0.25, 0.3) is 22.2 Å². The monoisotopic (exact) mass is 413 g/mol. The first-order valence-electron chi connectivity index (χ1n) is 10.9. The van der Waals surface area contributed by atoms with Crippen molar-refractivity contribution < 1.29 is 4.74 Å². The van der Waals surface area contributed by atoms with Gasteiger partial charge in [-0.05, 0) is 67.3 Å². The van der Waals surface area contributed by atoms with Crippen molar-refractivity contribution in [3.05, 3.63) is 83.9 Å². The average molecular weight is 414 g/mol. The molecule has 4 nitrogen and oxygen atoms in total. The van der Waals surface area contributed by atoms with Crippen LogP contribution in [0.2, 0.25) is 0 Å². The van der Waals surface area contributed by atoms with Crippen LogP contribution in [0.1, 0.15) is 24.0 Å². The molecule has 160 valence electrons. The van der Waals surface area contributed by atoms with E-state index >= 15 is 0 Å². The number of aromatic nitrogens is 1. The van der Waals surface area contributed by atoms with Gasteiger partial charge in [-0.15, -0.1) is 0 Å². The summed E-state index contributed by atoms with van der Waals surface area (Å²) in [6, 6.07) is 25.3. The summed E-state index contributed by atoms with van der Waals surface area (Å²) in [7, 11) is 4.14. The van der Waals surface area contributed by atoms with Crippen LogP contribution in [-0.2, 0) is 13.0 Å². The molecule has 0 aliphatic carbocycles. The number of ether oxygens (including phenoxy) is 1. The zero-order valence-corrected chi connectivity index (χ0v) is 18.4. The van der Waals surface area contributed by atoms with Crippen molar-refractivity contribution in [2.45, 2.75) is 25.9 Å². The highest BCUT2D eigenvalue weighted by Crippen LogP contribution is 2.35. The van der Waals surface area contributed by atoms with E-state index in [9.17, 15) is 0 Å². The summed E-state index contributed by atoms with van der Waals surface area (Å²) in [5.41, 5.74) is 13.0. The fraction of sp³-hybridized carbons (Fsp3) is 0.259. The van der Waals surface area contributed by atoms with Gasteiger partial charge in [0, 0.05) is 41.9 Å². The van der Waals surface area contributed by atoms with Crippen LogP contribution in [0.4, 0.5) is 5.69 Å². The van der Waals surface area contributed by atoms with Crippen LogP contribution < -0.4 is 15.4 Å². The van der Waals surface area contributed by atoms with E-state index in [1.165, 1.54) is 33.5 Å². The van der Waals surface area contributed by atoms with Crippen LogP contribution in [0.3, 0.4) is 0 Å². The number of nitrogens with two attached hydrogens (primary N) is 1. The molecular weight excluding hydrogens is 382 g/mol. The average Bonchev–Trinajstić information content (AvgIpc) is 3.16. The number of H-pyrrole nitrogens is 1. The van der Waals surface area contributed by atoms with Crippen molar-refractivity contribution in [1.82, 2.24) is 4.98 Å². The normalized spacial score (nSPS) is 11.1. The number of hydrogen-bond donors (Lipinski definition) is 2. The Kier molecular flexibility index (Phi) is 6.58. The number of aryl methyl sites for hydroxylation is 1. The number of unbranched alkanes of at least 4 members (excludes halogenated alkanes) is 1. The Balaban J connectivity index is 1.70. The number of benzene rings is 3. The Labute approximate surface area is 184 Å². The third kappa shape index (κ3) is 4.92. The maximum Gasteiger partial charge on any atom is 0.120 e. The highest BCUT2D eigenvalue weighted by Gasteiger charge is 2.15. The fourth-order valence-electron chi connectivity index (χ4n) is 3.95. The summed E-state index contributed by atoms with van der Waals surface area (Å²) in [5.74, 6) is 0.893. The lowest BCUT2D eigenvalue weighted by Crippen LogP contribution is -2.08. The lowest BCUT2D eigenvalue weighted by atomic mass is 10.00. The van der Waals surface area contributed by atoms with Crippen LogP contribution in [0, 0.1) is 0 Å². The van der Waals surface area contributed by atoms with Gasteiger partial charge in [-0.2, -0.15) is 0 Å². The lowest BCUT2D eigenvalue weighted by Gasteiger charge is -2.14. The van der Waals surface area contributed by atoms with Crippen LogP contribution in [0.5, 0.6) is 5.75 Å². The predicted molar refractivity (Wildman–Crippen MR) is 131 cm³/mol. The fourth-order valence-corrected chi connectivity index (χ4v) is 3.95. The number of nitrogens with zero attached hydrogens (tertiary/aromatic N) is 1. The van der Waals surface area contributed by atoms with E-state index in [-0.39, 0.29) is 0 Å². The van der Waals surface area contributed by atoms with Crippen LogP contribution in [0.15, 0.2) is 72.8 Å². The van der Waals surface area contributed by atoms with Crippen molar-refractivity contribution in [2.75, 3.05) is 25.5 Å². The first-order valence-corrected chi connectivity index (χ1v) is 10.9. The van der Waals surface area contributed by atoms with Crippen LogP contribution in [-0.4, -0.2) is 25.6 Å². The van der Waals surface area contributed by atoms with E-state index in [1.807, 2.05) is 24.3 Å². The predicted octanol–water partition coefficient (Wildman–Crippen LogP) is 5.76. The summed E-state index contributed by atoms with van der Waals surface area (Å²) in [4.78, 5) is 5.80. The quantitative estimate of drug-likeness (QED) is 0.343. The van der Waals surface area contributed by atoms with Crippen LogP contribution >= 0.6 is 0 Å². The third-order valence-electron chi connectivity index (χ3n) is 5.66. The van der Waals surface area contributed by atoms with E-state index in [4.69, 9.17) is 10.5 Å². The standard InChI is InChI=1S/C27H31N3O/c1-30(2)22-12-8-11-21(17-22)27-24(13-6-7-16-28)25-18-23(14-15-26(25)29-27)31-19-20-9-4-3-5-10-20/h3-5,8-12,14-15,17-18,29H,6-7,13,16,19,28H2,1-2H3. The Morgan fingerprint density at radius 2 is 1.74 bits per heavy atom. The topological polar surface area (TPSA) is 54.3 Å². The van der Waals surface area contributed by atoms with Gasteiger partial charge in [-0.3, -0.25) is 0 Å². The molecule has 4 aromatic rings. The minimum atomic E-state index is 0.566. The van der Waals surface area contributed by atoms with Crippen molar-refractivity contribution >= 4 is 16.6 Å². The maximum absolute atomic E-state index is 6.11. The summed E-state index contributed by atoms with van der Waals surface area (Å²) in [6.07, 6.45) is 3.08. The van der Waals surface area contributed by atoms with E-state index < -0.39 is 0 Å². The number of hydrogen-bond acceptors (Lipinski definition) is 3. The molecule has 0 aliphatic rings. The Hall–Kier alpha value is -3.24. The van der Waals surface area contributed by atoms with E-state index in [1.54, 1.807) is 0 Å². The highest BCUT2D eigenvalue weighted by molar-refractivity contribution is 5.92. The molecule has 3 aromatic carbocycles. The van der Waals surface area contributed by atoms with Gasteiger partial charge in [0.2, 0.25) is 0 Å². The molecule has 0 saturated heterocycles. The Bertz CT molecular complexity index is 1130. The minimum absolute atomic E-state index is 0.566. The molecule has 1 heterocycles. The van der Waals surface area contributed by atoms with Gasteiger partial charge in [0.1, 0.15) is 12.4 Å². The highest BCUT2D eigenvalue weighted by atomic mass is 16.5. The van der Waals surface area contributed by atoms with E-state index in [0.717, 1.165) is 37.1 Å².